The molecule has 0 radical (unpaired) electrons. The first-order chi connectivity index (χ1) is 17.8. The number of likely N-dealkylation sites (tertiary alicyclic amines) is 1. The van der Waals surface area contributed by atoms with Crippen molar-refractivity contribution in [3.8, 4) is 0 Å². The number of carbonyl (C=O) groups is 1. The highest BCUT2D eigenvalue weighted by molar-refractivity contribution is 6.31. The van der Waals surface area contributed by atoms with E-state index in [9.17, 15) is 18.0 Å². The summed E-state index contributed by atoms with van der Waals surface area (Å²) >= 11 is 5.76. The first-order valence-electron chi connectivity index (χ1n) is 12.0. The maximum Gasteiger partial charge on any atom is 0.417 e. The molecule has 2 N–H and O–H groups in total. The molecule has 206 valence electrons. The number of rotatable bonds is 14. The van der Waals surface area contributed by atoms with E-state index >= 15 is 0 Å². The molecule has 0 bridgehead atoms. The number of alkyl halides is 3. The fourth-order valence-corrected chi connectivity index (χ4v) is 4.14. The average molecular weight is 550 g/mol. The van der Waals surface area contributed by atoms with Gasteiger partial charge in [0, 0.05) is 37.2 Å². The summed E-state index contributed by atoms with van der Waals surface area (Å²) in [5, 5.41) is 15.3. The van der Waals surface area contributed by atoms with Crippen LogP contribution in [0.5, 0.6) is 0 Å². The third kappa shape index (κ3) is 9.15. The van der Waals surface area contributed by atoms with Crippen molar-refractivity contribution in [3.05, 3.63) is 46.1 Å². The van der Waals surface area contributed by atoms with Crippen LogP contribution in [0.3, 0.4) is 0 Å². The molecule has 0 atom stereocenters. The number of hydrogen-bond acceptors (Lipinski definition) is 8. The van der Waals surface area contributed by atoms with Crippen molar-refractivity contribution in [1.29, 1.82) is 0 Å². The lowest BCUT2D eigenvalue weighted by atomic mass is 9.93. The number of aliphatic hydroxyl groups is 1. The van der Waals surface area contributed by atoms with E-state index in [4.69, 9.17) is 35.4 Å². The number of halogens is 4. The molecule has 1 aliphatic rings. The molecule has 1 amide bonds. The molecule has 1 aliphatic heterocycles. The lowest BCUT2D eigenvalue weighted by molar-refractivity contribution is -0.137. The van der Waals surface area contributed by atoms with Crippen LogP contribution in [0.2, 0.25) is 5.02 Å². The van der Waals surface area contributed by atoms with Gasteiger partial charge in [0.25, 0.3) is 5.91 Å². The maximum atomic E-state index is 12.9. The van der Waals surface area contributed by atoms with Crippen LogP contribution in [0.1, 0.15) is 40.4 Å². The fraction of sp³-hybridized carbons (Fsp3) is 0.583. The molecule has 0 saturated carbocycles. The van der Waals surface area contributed by atoms with E-state index in [0.717, 1.165) is 23.9 Å². The number of nitrogens with one attached hydrogen (secondary N) is 1. The minimum Gasteiger partial charge on any atom is -0.394 e. The van der Waals surface area contributed by atoms with Crippen LogP contribution < -0.4 is 5.32 Å². The third-order valence-electron chi connectivity index (χ3n) is 5.78. The summed E-state index contributed by atoms with van der Waals surface area (Å²) in [6.07, 6.45) is -3.26. The van der Waals surface area contributed by atoms with E-state index in [-0.39, 0.29) is 24.0 Å². The molecule has 9 nitrogen and oxygen atoms in total. The minimum atomic E-state index is -4.57. The van der Waals surface area contributed by atoms with Crippen molar-refractivity contribution in [2.45, 2.75) is 24.9 Å². The molecule has 1 saturated heterocycles. The predicted molar refractivity (Wildman–Crippen MR) is 129 cm³/mol. The standard InChI is InChI=1S/C24H31ClF3N3O6/c25-20-15-18(1-2-19(20)24(26,27)28)23(33)31-6-3-17(4-7-31)21-16-22(37-30-21)29-5-9-34-11-13-36-14-12-35-10-8-32/h1-2,15-17,29,32H,3-14H2. The quantitative estimate of drug-likeness (QED) is 0.343. The second kappa shape index (κ2) is 14.5. The molecule has 13 heteroatoms. The van der Waals surface area contributed by atoms with Crippen LogP contribution >= 0.6 is 11.6 Å². The highest BCUT2D eigenvalue weighted by Gasteiger charge is 2.34. The number of aromatic nitrogens is 1. The summed E-state index contributed by atoms with van der Waals surface area (Å²) in [7, 11) is 0. The SMILES string of the molecule is O=C(c1ccc(C(F)(F)F)c(Cl)c1)N1CCC(c2cc(NCCOCCOCCOCCO)on2)CC1. The Morgan fingerprint density at radius 3 is 2.35 bits per heavy atom. The normalized spacial score (nSPS) is 14.8. The number of carbonyl (C=O) groups excluding carboxylic acids is 1. The van der Waals surface area contributed by atoms with Gasteiger partial charge in [0.15, 0.2) is 0 Å². The van der Waals surface area contributed by atoms with E-state index in [0.29, 0.717) is 78.0 Å². The van der Waals surface area contributed by atoms with E-state index in [1.54, 1.807) is 4.90 Å². The Balaban J connectivity index is 1.34. The summed E-state index contributed by atoms with van der Waals surface area (Å²) in [6, 6.07) is 4.89. The Hall–Kier alpha value is -2.38. The zero-order chi connectivity index (χ0) is 26.7. The first-order valence-corrected chi connectivity index (χ1v) is 12.4. The number of aliphatic hydroxyl groups excluding tert-OH is 1. The number of nitrogens with zero attached hydrogens (tertiary/aromatic N) is 2. The molecular weight excluding hydrogens is 519 g/mol. The number of hydrogen-bond donors (Lipinski definition) is 2. The van der Waals surface area contributed by atoms with Crippen LogP contribution in [-0.2, 0) is 20.4 Å². The Labute approximate surface area is 217 Å². The van der Waals surface area contributed by atoms with Crippen molar-refractivity contribution in [2.24, 2.45) is 0 Å². The molecular formula is C24H31ClF3N3O6. The van der Waals surface area contributed by atoms with E-state index in [2.05, 4.69) is 10.5 Å². The van der Waals surface area contributed by atoms with Gasteiger partial charge in [0.05, 0.1) is 62.5 Å². The summed E-state index contributed by atoms with van der Waals surface area (Å²) in [5.74, 6) is 0.278. The smallest absolute Gasteiger partial charge is 0.394 e. The van der Waals surface area contributed by atoms with Gasteiger partial charge in [-0.15, -0.1) is 0 Å². The molecule has 1 aromatic heterocycles. The Bertz CT molecular complexity index is 983. The summed E-state index contributed by atoms with van der Waals surface area (Å²) in [5.41, 5.74) is -0.0487. The van der Waals surface area contributed by atoms with Crippen molar-refractivity contribution < 1.29 is 41.8 Å². The molecule has 2 aromatic rings. The zero-order valence-electron chi connectivity index (χ0n) is 20.3. The third-order valence-corrected chi connectivity index (χ3v) is 6.09. The van der Waals surface area contributed by atoms with Crippen molar-refractivity contribution in [3.63, 3.8) is 0 Å². The topological polar surface area (TPSA) is 106 Å². The van der Waals surface area contributed by atoms with Crippen LogP contribution in [0.15, 0.2) is 28.8 Å². The monoisotopic (exact) mass is 549 g/mol. The Kier molecular flexibility index (Phi) is 11.5. The van der Waals surface area contributed by atoms with Gasteiger partial charge in [-0.3, -0.25) is 4.79 Å². The van der Waals surface area contributed by atoms with Crippen molar-refractivity contribution >= 4 is 23.4 Å². The second-order valence-corrected chi connectivity index (χ2v) is 8.77. The van der Waals surface area contributed by atoms with Crippen LogP contribution in [0, 0.1) is 0 Å². The molecule has 0 aliphatic carbocycles. The average Bonchev–Trinajstić information content (AvgIpc) is 3.35. The van der Waals surface area contributed by atoms with Gasteiger partial charge in [-0.1, -0.05) is 16.8 Å². The van der Waals surface area contributed by atoms with E-state index < -0.39 is 16.8 Å². The molecule has 2 heterocycles. The largest absolute Gasteiger partial charge is 0.417 e. The van der Waals surface area contributed by atoms with Gasteiger partial charge in [0.2, 0.25) is 5.88 Å². The lowest BCUT2D eigenvalue weighted by Crippen LogP contribution is -2.38. The molecule has 1 fully saturated rings. The molecule has 37 heavy (non-hydrogen) atoms. The number of anilines is 1. The highest BCUT2D eigenvalue weighted by Crippen LogP contribution is 2.35. The highest BCUT2D eigenvalue weighted by atomic mass is 35.5. The number of amides is 1. The molecule has 0 unspecified atom stereocenters. The molecule has 3 rings (SSSR count). The minimum absolute atomic E-state index is 0.00616. The van der Waals surface area contributed by atoms with Crippen LogP contribution in [0.4, 0.5) is 19.1 Å². The first kappa shape index (κ1) is 29.2. The Morgan fingerprint density at radius 2 is 1.73 bits per heavy atom. The predicted octanol–water partition coefficient (Wildman–Crippen LogP) is 3.82. The summed E-state index contributed by atoms with van der Waals surface area (Å²) in [4.78, 5) is 14.4. The van der Waals surface area contributed by atoms with Gasteiger partial charge in [-0.05, 0) is 31.0 Å². The number of piperidine rings is 1. The molecule has 1 aromatic carbocycles. The second-order valence-electron chi connectivity index (χ2n) is 8.36. The van der Waals surface area contributed by atoms with E-state index in [1.807, 2.05) is 6.07 Å². The van der Waals surface area contributed by atoms with Gasteiger partial charge in [-0.2, -0.15) is 13.2 Å². The van der Waals surface area contributed by atoms with E-state index in [1.165, 1.54) is 0 Å². The van der Waals surface area contributed by atoms with Crippen LogP contribution in [0.25, 0.3) is 0 Å². The maximum absolute atomic E-state index is 12.9. The molecule has 0 spiro atoms. The van der Waals surface area contributed by atoms with Crippen molar-refractivity contribution in [1.82, 2.24) is 10.1 Å². The number of benzene rings is 1. The summed E-state index contributed by atoms with van der Waals surface area (Å²) < 4.78 is 60.0. The van der Waals surface area contributed by atoms with Gasteiger partial charge in [-0.25, -0.2) is 0 Å². The fourth-order valence-electron chi connectivity index (χ4n) is 3.86. The number of ether oxygens (including phenoxy) is 3. The Morgan fingerprint density at radius 1 is 1.08 bits per heavy atom. The van der Waals surface area contributed by atoms with Gasteiger partial charge < -0.3 is 34.1 Å². The lowest BCUT2D eigenvalue weighted by Gasteiger charge is -2.31. The van der Waals surface area contributed by atoms with Crippen molar-refractivity contribution in [2.75, 3.05) is 71.2 Å². The van der Waals surface area contributed by atoms with Gasteiger partial charge in [0.1, 0.15) is 0 Å². The zero-order valence-corrected chi connectivity index (χ0v) is 21.0. The summed E-state index contributed by atoms with van der Waals surface area (Å²) in [6.45, 7) is 3.93. The van der Waals surface area contributed by atoms with Gasteiger partial charge >= 0.3 is 6.18 Å². The van der Waals surface area contributed by atoms with Crippen LogP contribution in [-0.4, -0.2) is 87.0 Å².